The first-order chi connectivity index (χ1) is 10.8. The second kappa shape index (κ2) is 8.09. The molecule has 1 saturated carbocycles. The highest BCUT2D eigenvalue weighted by atomic mass is 16.5. The van der Waals surface area contributed by atoms with E-state index in [1.165, 1.54) is 0 Å². The average Bonchev–Trinajstić information content (AvgIpc) is 2.46. The number of nitrogens with zero attached hydrogens (tertiary/aromatic N) is 1. The lowest BCUT2D eigenvalue weighted by Gasteiger charge is -2.43. The van der Waals surface area contributed by atoms with Gasteiger partial charge < -0.3 is 10.1 Å². The fourth-order valence-electron chi connectivity index (χ4n) is 3.33. The molecule has 2 fully saturated rings. The molecule has 23 heavy (non-hydrogen) atoms. The van der Waals surface area contributed by atoms with Crippen LogP contribution in [0.2, 0.25) is 0 Å². The molecule has 1 aliphatic carbocycles. The van der Waals surface area contributed by atoms with E-state index in [1.807, 2.05) is 13.8 Å². The molecule has 1 saturated heterocycles. The Balaban J connectivity index is 1.60. The van der Waals surface area contributed by atoms with Crippen LogP contribution in [0.3, 0.4) is 0 Å². The van der Waals surface area contributed by atoms with Gasteiger partial charge >= 0.3 is 0 Å². The van der Waals surface area contributed by atoms with E-state index in [2.05, 4.69) is 31.0 Å². The molecule has 1 heterocycles. The maximum Gasteiger partial charge on any atom is 0.149 e. The van der Waals surface area contributed by atoms with Crippen LogP contribution >= 0.6 is 0 Å². The number of hydrogen-bond acceptors (Lipinski definition) is 4. The highest BCUT2D eigenvalue weighted by Gasteiger charge is 2.35. The Labute approximate surface area is 142 Å². The number of likely N-dealkylation sites (tertiary alicyclic amines) is 1. The Morgan fingerprint density at radius 3 is 2.35 bits per heavy atom. The minimum atomic E-state index is 0.149. The molecule has 4 nitrogen and oxygen atoms in total. The number of Topliss-reactive ketones (excluding diaryl/α,β-unsaturated/α-hetero) is 1. The van der Waals surface area contributed by atoms with Crippen LogP contribution in [0.1, 0.15) is 66.7 Å². The summed E-state index contributed by atoms with van der Waals surface area (Å²) in [5, 5.41) is 3.72. The number of nitrogens with one attached hydrogen (secondary N) is 1. The van der Waals surface area contributed by atoms with Gasteiger partial charge in [-0.2, -0.15) is 0 Å². The third-order valence-electron chi connectivity index (χ3n) is 5.52. The van der Waals surface area contributed by atoms with Crippen molar-refractivity contribution in [1.82, 2.24) is 10.2 Å². The van der Waals surface area contributed by atoms with Gasteiger partial charge in [0.1, 0.15) is 5.78 Å². The summed E-state index contributed by atoms with van der Waals surface area (Å²) in [5.41, 5.74) is 0.240. The predicted molar refractivity (Wildman–Crippen MR) is 94.7 cm³/mol. The zero-order valence-electron chi connectivity index (χ0n) is 15.7. The van der Waals surface area contributed by atoms with Crippen molar-refractivity contribution in [3.63, 3.8) is 0 Å². The Morgan fingerprint density at radius 1 is 1.22 bits per heavy atom. The van der Waals surface area contributed by atoms with E-state index in [0.29, 0.717) is 30.6 Å². The summed E-state index contributed by atoms with van der Waals surface area (Å²) in [4.78, 5) is 14.1. The third kappa shape index (κ3) is 5.84. The van der Waals surface area contributed by atoms with Crippen LogP contribution in [0.5, 0.6) is 0 Å². The molecule has 2 rings (SSSR count). The minimum Gasteiger partial charge on any atom is -0.375 e. The van der Waals surface area contributed by atoms with Crippen molar-refractivity contribution in [3.05, 3.63) is 0 Å². The smallest absolute Gasteiger partial charge is 0.149 e. The molecule has 0 radical (unpaired) electrons. The highest BCUT2D eigenvalue weighted by molar-refractivity contribution is 5.82. The van der Waals surface area contributed by atoms with Crippen molar-refractivity contribution in [2.75, 3.05) is 19.6 Å². The van der Waals surface area contributed by atoms with Crippen LogP contribution < -0.4 is 5.32 Å². The van der Waals surface area contributed by atoms with E-state index >= 15 is 0 Å². The van der Waals surface area contributed by atoms with Crippen LogP contribution in [0.15, 0.2) is 0 Å². The van der Waals surface area contributed by atoms with Gasteiger partial charge in [-0.05, 0) is 46.0 Å². The van der Waals surface area contributed by atoms with E-state index in [9.17, 15) is 4.79 Å². The summed E-state index contributed by atoms with van der Waals surface area (Å²) in [6.07, 6.45) is 6.42. The van der Waals surface area contributed by atoms with Gasteiger partial charge in [0, 0.05) is 30.6 Å². The van der Waals surface area contributed by atoms with E-state index < -0.39 is 0 Å². The summed E-state index contributed by atoms with van der Waals surface area (Å²) < 4.78 is 6.25. The Kier molecular flexibility index (Phi) is 6.64. The molecular weight excluding hydrogens is 288 g/mol. The van der Waals surface area contributed by atoms with E-state index in [1.54, 1.807) is 0 Å². The number of hydrogen-bond donors (Lipinski definition) is 1. The fraction of sp³-hybridized carbons (Fsp3) is 0.947. The van der Waals surface area contributed by atoms with Crippen LogP contribution in [0, 0.1) is 5.92 Å². The maximum absolute atomic E-state index is 11.8. The topological polar surface area (TPSA) is 41.6 Å². The lowest BCUT2D eigenvalue weighted by Crippen LogP contribution is -2.54. The summed E-state index contributed by atoms with van der Waals surface area (Å²) >= 11 is 0. The third-order valence-corrected chi connectivity index (χ3v) is 5.52. The number of carbonyl (C=O) groups excluding carboxylic acids is 1. The van der Waals surface area contributed by atoms with Gasteiger partial charge in [-0.1, -0.05) is 20.8 Å². The summed E-state index contributed by atoms with van der Waals surface area (Å²) in [5.74, 6) is 0.506. The van der Waals surface area contributed by atoms with Gasteiger partial charge in [0.25, 0.3) is 0 Å². The van der Waals surface area contributed by atoms with Crippen molar-refractivity contribution >= 4 is 5.78 Å². The molecule has 0 aromatic heterocycles. The number of rotatable bonds is 8. The molecule has 0 atom stereocenters. The van der Waals surface area contributed by atoms with Crippen molar-refractivity contribution in [2.24, 2.45) is 5.92 Å². The van der Waals surface area contributed by atoms with Gasteiger partial charge in [0.2, 0.25) is 0 Å². The van der Waals surface area contributed by atoms with Crippen molar-refractivity contribution in [2.45, 2.75) is 90.5 Å². The molecule has 4 heteroatoms. The standard InChI is InChI=1S/C19H36N2O2/c1-6-19(4,5)20-15-11-17(12-15)23-16-7-9-21(10-8-16)13-18(22)14(2)3/h14-17,20H,6-13H2,1-5H3/t15-,17-. The molecule has 134 valence electrons. The number of piperidine rings is 1. The van der Waals surface area contributed by atoms with Gasteiger partial charge in [-0.15, -0.1) is 0 Å². The summed E-state index contributed by atoms with van der Waals surface area (Å²) in [6, 6.07) is 0.624. The summed E-state index contributed by atoms with van der Waals surface area (Å²) in [7, 11) is 0. The lowest BCUT2D eigenvalue weighted by molar-refractivity contribution is -0.124. The zero-order valence-corrected chi connectivity index (χ0v) is 15.7. The molecule has 0 bridgehead atoms. The van der Waals surface area contributed by atoms with Crippen LogP contribution in [-0.4, -0.2) is 54.1 Å². The van der Waals surface area contributed by atoms with Crippen molar-refractivity contribution in [3.8, 4) is 0 Å². The number of carbonyl (C=O) groups is 1. The summed E-state index contributed by atoms with van der Waals surface area (Å²) in [6.45, 7) is 13.4. The second-order valence-corrected chi connectivity index (χ2v) is 8.40. The van der Waals surface area contributed by atoms with Gasteiger partial charge in [0.05, 0.1) is 18.8 Å². The van der Waals surface area contributed by atoms with E-state index in [-0.39, 0.29) is 11.5 Å². The maximum atomic E-state index is 11.8. The highest BCUT2D eigenvalue weighted by Crippen LogP contribution is 2.29. The Bertz CT molecular complexity index is 381. The molecule has 0 spiro atoms. The molecule has 2 aliphatic rings. The van der Waals surface area contributed by atoms with Gasteiger partial charge in [0.15, 0.2) is 0 Å². The largest absolute Gasteiger partial charge is 0.375 e. The molecule has 1 aliphatic heterocycles. The molecule has 0 aromatic carbocycles. The lowest BCUT2D eigenvalue weighted by atomic mass is 9.86. The molecule has 0 amide bonds. The molecule has 1 N–H and O–H groups in total. The number of ether oxygens (including phenoxy) is 1. The van der Waals surface area contributed by atoms with E-state index in [4.69, 9.17) is 4.74 Å². The first-order valence-electron chi connectivity index (χ1n) is 9.47. The molecule has 0 aromatic rings. The van der Waals surface area contributed by atoms with Crippen LogP contribution in [-0.2, 0) is 9.53 Å². The first-order valence-corrected chi connectivity index (χ1v) is 9.47. The monoisotopic (exact) mass is 324 g/mol. The quantitative estimate of drug-likeness (QED) is 0.745. The Morgan fingerprint density at radius 2 is 1.83 bits per heavy atom. The normalized spacial score (nSPS) is 27.2. The van der Waals surface area contributed by atoms with Gasteiger partial charge in [-0.3, -0.25) is 9.69 Å². The Hall–Kier alpha value is -0.450. The van der Waals surface area contributed by atoms with Crippen molar-refractivity contribution in [1.29, 1.82) is 0 Å². The second-order valence-electron chi connectivity index (χ2n) is 8.40. The first kappa shape index (κ1) is 18.9. The zero-order chi connectivity index (χ0) is 17.0. The van der Waals surface area contributed by atoms with Crippen molar-refractivity contribution < 1.29 is 9.53 Å². The van der Waals surface area contributed by atoms with Crippen LogP contribution in [0.25, 0.3) is 0 Å². The minimum absolute atomic E-state index is 0.149. The number of ketones is 1. The average molecular weight is 325 g/mol. The van der Waals surface area contributed by atoms with E-state index in [0.717, 1.165) is 45.2 Å². The van der Waals surface area contributed by atoms with Crippen LogP contribution in [0.4, 0.5) is 0 Å². The SMILES string of the molecule is CCC(C)(C)N[C@H]1C[C@H](OC2CCN(CC(=O)C(C)C)CC2)C1. The molecular formula is C19H36N2O2. The fourth-order valence-corrected chi connectivity index (χ4v) is 3.33. The van der Waals surface area contributed by atoms with Gasteiger partial charge in [-0.25, -0.2) is 0 Å². The predicted octanol–water partition coefficient (Wildman–Crippen LogP) is 3.00. The molecule has 0 unspecified atom stereocenters.